The maximum Gasteiger partial charge on any atom is 0.123 e. The molecule has 2 aliphatic rings. The molecule has 6 nitrogen and oxygen atoms in total. The Morgan fingerprint density at radius 3 is 2.93 bits per heavy atom. The van der Waals surface area contributed by atoms with E-state index in [0.29, 0.717) is 12.5 Å². The van der Waals surface area contributed by atoms with E-state index in [9.17, 15) is 5.11 Å². The van der Waals surface area contributed by atoms with Gasteiger partial charge < -0.3 is 19.7 Å². The smallest absolute Gasteiger partial charge is 0.123 e. The molecule has 2 saturated heterocycles. The van der Waals surface area contributed by atoms with Crippen LogP contribution in [0.15, 0.2) is 43.0 Å². The number of imidazole rings is 1. The number of hydrogen-bond donors (Lipinski definition) is 2. The molecule has 1 aromatic heterocycles. The predicted molar refractivity (Wildman–Crippen MR) is 119 cm³/mol. The lowest BCUT2D eigenvalue weighted by Crippen LogP contribution is -2.58. The van der Waals surface area contributed by atoms with Gasteiger partial charge in [-0.05, 0) is 31.9 Å². The van der Waals surface area contributed by atoms with Crippen LogP contribution in [0.2, 0.25) is 0 Å². The number of piperidine rings is 2. The first-order chi connectivity index (χ1) is 13.2. The zero-order valence-electron chi connectivity index (χ0n) is 16.7. The maximum absolute atomic E-state index is 10.9. The summed E-state index contributed by atoms with van der Waals surface area (Å²) in [6.07, 6.45) is 8.32. The van der Waals surface area contributed by atoms with Gasteiger partial charge >= 0.3 is 0 Å². The molecule has 3 heterocycles. The summed E-state index contributed by atoms with van der Waals surface area (Å²) in [6, 6.07) is 8.34. The molecule has 0 saturated carbocycles. The second-order valence-electron chi connectivity index (χ2n) is 7.85. The largest absolute Gasteiger partial charge is 0.493 e. The Morgan fingerprint density at radius 2 is 2.10 bits per heavy atom. The van der Waals surface area contributed by atoms with Crippen LogP contribution in [0.1, 0.15) is 24.8 Å². The van der Waals surface area contributed by atoms with Crippen LogP contribution < -0.4 is 10.1 Å². The molecule has 162 valence electrons. The van der Waals surface area contributed by atoms with Gasteiger partial charge in [0, 0.05) is 56.6 Å². The van der Waals surface area contributed by atoms with Gasteiger partial charge in [-0.2, -0.15) is 0 Å². The molecule has 2 fully saturated rings. The number of fused-ring (bicyclic) bond motifs is 1. The summed E-state index contributed by atoms with van der Waals surface area (Å²) in [5.41, 5.74) is 0.764. The summed E-state index contributed by atoms with van der Waals surface area (Å²) in [5.74, 6) is 1.30. The number of halogens is 2. The molecule has 0 bridgehead atoms. The molecule has 1 aromatic carbocycles. The topological polar surface area (TPSA) is 62.6 Å². The van der Waals surface area contributed by atoms with Gasteiger partial charge in [-0.3, -0.25) is 4.90 Å². The average Bonchev–Trinajstić information content (AvgIpc) is 3.20. The average molecular weight is 443 g/mol. The van der Waals surface area contributed by atoms with Crippen LogP contribution in [0.5, 0.6) is 5.75 Å². The summed E-state index contributed by atoms with van der Waals surface area (Å²) < 4.78 is 8.15. The number of rotatable bonds is 7. The monoisotopic (exact) mass is 442 g/mol. The van der Waals surface area contributed by atoms with E-state index in [4.69, 9.17) is 4.74 Å². The fourth-order valence-corrected chi connectivity index (χ4v) is 4.30. The van der Waals surface area contributed by atoms with E-state index in [1.165, 1.54) is 5.56 Å². The second-order valence-corrected chi connectivity index (χ2v) is 7.85. The highest BCUT2D eigenvalue weighted by atomic mass is 35.5. The van der Waals surface area contributed by atoms with Crippen LogP contribution >= 0.6 is 24.8 Å². The molecular weight excluding hydrogens is 411 g/mol. The van der Waals surface area contributed by atoms with Crippen molar-refractivity contribution in [1.82, 2.24) is 19.8 Å². The minimum absolute atomic E-state index is 0. The van der Waals surface area contributed by atoms with Crippen LogP contribution in [-0.4, -0.2) is 57.9 Å². The van der Waals surface area contributed by atoms with E-state index in [0.717, 1.165) is 64.3 Å². The van der Waals surface area contributed by atoms with Gasteiger partial charge in [0.1, 0.15) is 5.75 Å². The normalized spacial score (nSPS) is 24.1. The van der Waals surface area contributed by atoms with Crippen molar-refractivity contribution >= 4 is 24.8 Å². The summed E-state index contributed by atoms with van der Waals surface area (Å²) in [7, 11) is 0. The Bertz CT molecular complexity index is 731. The number of hydrogen-bond acceptors (Lipinski definition) is 5. The summed E-state index contributed by atoms with van der Waals surface area (Å²) in [6.45, 7) is 6.23. The van der Waals surface area contributed by atoms with Gasteiger partial charge in [-0.25, -0.2) is 4.98 Å². The molecule has 0 aliphatic carbocycles. The van der Waals surface area contributed by atoms with Crippen LogP contribution in [0.4, 0.5) is 0 Å². The van der Waals surface area contributed by atoms with Gasteiger partial charge in [0.25, 0.3) is 0 Å². The molecule has 0 radical (unpaired) electrons. The number of likely N-dealkylation sites (tertiary alicyclic amines) is 1. The molecule has 2 atom stereocenters. The van der Waals surface area contributed by atoms with Gasteiger partial charge in [-0.15, -0.1) is 24.8 Å². The van der Waals surface area contributed by atoms with E-state index in [1.54, 1.807) is 6.20 Å². The van der Waals surface area contributed by atoms with Crippen LogP contribution in [0, 0.1) is 5.92 Å². The zero-order valence-corrected chi connectivity index (χ0v) is 18.3. The molecule has 8 heteroatoms. The number of nitrogens with one attached hydrogen (secondary N) is 1. The quantitative estimate of drug-likeness (QED) is 0.645. The van der Waals surface area contributed by atoms with Gasteiger partial charge in [0.2, 0.25) is 0 Å². The Hall–Kier alpha value is -1.31. The Kier molecular flexibility index (Phi) is 9.24. The number of nitrogens with zero attached hydrogens (tertiary/aromatic N) is 3. The van der Waals surface area contributed by atoms with E-state index in [1.807, 2.05) is 18.6 Å². The van der Waals surface area contributed by atoms with Gasteiger partial charge in [0.05, 0.1) is 18.5 Å². The lowest BCUT2D eigenvalue weighted by Gasteiger charge is -2.47. The van der Waals surface area contributed by atoms with Crippen molar-refractivity contribution in [3.8, 4) is 5.75 Å². The fraction of sp³-hybridized carbons (Fsp3) is 0.571. The van der Waals surface area contributed by atoms with Crippen LogP contribution in [0.25, 0.3) is 0 Å². The standard InChI is InChI=1S/C21H30N4O2.2ClH/c26-21-6-8-22-14-19(21)16-25(11-7-21)15-18-4-1-2-5-20(18)27-13-3-10-24-12-9-23-17-24;;/h1-2,4-5,9,12,17,19,22,26H,3,6-8,10-11,13-16H2;2*1H/t19-,21-;;/m0../s1. The van der Waals surface area contributed by atoms with Crippen LogP contribution in [-0.2, 0) is 13.1 Å². The third kappa shape index (κ3) is 6.09. The van der Waals surface area contributed by atoms with Crippen molar-refractivity contribution in [2.24, 2.45) is 5.92 Å². The predicted octanol–water partition coefficient (Wildman–Crippen LogP) is 2.74. The third-order valence-corrected chi connectivity index (χ3v) is 5.97. The molecule has 0 amide bonds. The highest BCUT2D eigenvalue weighted by Crippen LogP contribution is 2.34. The number of aryl methyl sites for hydroxylation is 1. The van der Waals surface area contributed by atoms with Crippen molar-refractivity contribution in [1.29, 1.82) is 0 Å². The second kappa shape index (κ2) is 11.2. The summed E-state index contributed by atoms with van der Waals surface area (Å²) in [4.78, 5) is 6.52. The Balaban J connectivity index is 0.00000150. The number of ether oxygens (including phenoxy) is 1. The number of aliphatic hydroxyl groups is 1. The van der Waals surface area contributed by atoms with Gasteiger partial charge in [-0.1, -0.05) is 18.2 Å². The Labute approximate surface area is 185 Å². The molecule has 29 heavy (non-hydrogen) atoms. The minimum atomic E-state index is -0.467. The van der Waals surface area contributed by atoms with E-state index in [-0.39, 0.29) is 24.8 Å². The van der Waals surface area contributed by atoms with Crippen molar-refractivity contribution < 1.29 is 9.84 Å². The summed E-state index contributed by atoms with van der Waals surface area (Å²) in [5, 5.41) is 14.3. The minimum Gasteiger partial charge on any atom is -0.493 e. The molecule has 2 N–H and O–H groups in total. The number of aromatic nitrogens is 2. The van der Waals surface area contributed by atoms with Crippen LogP contribution in [0.3, 0.4) is 0 Å². The SMILES string of the molecule is Cl.Cl.O[C@]12CCNC[C@H]1CN(Cc1ccccc1OCCCn1ccnc1)CC2. The zero-order chi connectivity index (χ0) is 18.5. The first-order valence-corrected chi connectivity index (χ1v) is 10.0. The van der Waals surface area contributed by atoms with Crippen molar-refractivity contribution in [2.45, 2.75) is 38.0 Å². The number of para-hydroxylation sites is 1. The van der Waals surface area contributed by atoms with Crippen molar-refractivity contribution in [2.75, 3.05) is 32.8 Å². The molecular formula is C21H32Cl2N4O2. The summed E-state index contributed by atoms with van der Waals surface area (Å²) >= 11 is 0. The molecule has 0 spiro atoms. The molecule has 0 unspecified atom stereocenters. The maximum atomic E-state index is 10.9. The van der Waals surface area contributed by atoms with E-state index in [2.05, 4.69) is 38.0 Å². The third-order valence-electron chi connectivity index (χ3n) is 5.97. The molecule has 4 rings (SSSR count). The lowest BCUT2D eigenvalue weighted by atomic mass is 9.76. The van der Waals surface area contributed by atoms with Gasteiger partial charge in [0.15, 0.2) is 0 Å². The molecule has 2 aromatic rings. The van der Waals surface area contributed by atoms with Crippen molar-refractivity contribution in [3.05, 3.63) is 48.5 Å². The van der Waals surface area contributed by atoms with E-state index < -0.39 is 5.60 Å². The molecule has 2 aliphatic heterocycles. The highest BCUT2D eigenvalue weighted by Gasteiger charge is 2.42. The lowest BCUT2D eigenvalue weighted by molar-refractivity contribution is -0.0900. The highest BCUT2D eigenvalue weighted by molar-refractivity contribution is 5.85. The van der Waals surface area contributed by atoms with E-state index >= 15 is 0 Å². The first kappa shape index (κ1) is 24.0. The fourth-order valence-electron chi connectivity index (χ4n) is 4.30. The Morgan fingerprint density at radius 1 is 1.24 bits per heavy atom. The van der Waals surface area contributed by atoms with Crippen molar-refractivity contribution in [3.63, 3.8) is 0 Å². The number of benzene rings is 1. The first-order valence-electron chi connectivity index (χ1n) is 10.0.